The Morgan fingerprint density at radius 3 is 2.67 bits per heavy atom. The van der Waals surface area contributed by atoms with Crippen molar-refractivity contribution >= 4 is 15.9 Å². The smallest absolute Gasteiger partial charge is 0.0899 e. The van der Waals surface area contributed by atoms with Crippen LogP contribution in [0.5, 0.6) is 0 Å². The first-order chi connectivity index (χ1) is 7.06. The van der Waals surface area contributed by atoms with Gasteiger partial charge in [-0.3, -0.25) is 4.68 Å². The van der Waals surface area contributed by atoms with E-state index in [0.29, 0.717) is 12.6 Å². The molecule has 0 amide bonds. The molecule has 0 aliphatic carbocycles. The summed E-state index contributed by atoms with van der Waals surface area (Å²) in [5.74, 6) is 0. The Morgan fingerprint density at radius 2 is 2.13 bits per heavy atom. The number of aromatic nitrogens is 2. The topological polar surface area (TPSA) is 27.1 Å². The molecule has 3 nitrogen and oxygen atoms in total. The van der Waals surface area contributed by atoms with Crippen molar-refractivity contribution in [2.75, 3.05) is 0 Å². The van der Waals surface area contributed by atoms with E-state index in [0.717, 1.165) is 16.6 Å². The van der Waals surface area contributed by atoms with Gasteiger partial charge in [0.05, 0.1) is 29.1 Å². The Labute approximate surface area is 99.9 Å². The van der Waals surface area contributed by atoms with Gasteiger partial charge in [0.25, 0.3) is 0 Å². The van der Waals surface area contributed by atoms with Crippen molar-refractivity contribution in [2.24, 2.45) is 0 Å². The molecule has 0 spiro atoms. The van der Waals surface area contributed by atoms with Gasteiger partial charge in [-0.25, -0.2) is 0 Å². The van der Waals surface area contributed by atoms with E-state index in [9.17, 15) is 0 Å². The summed E-state index contributed by atoms with van der Waals surface area (Å²) in [4.78, 5) is 0. The van der Waals surface area contributed by atoms with Crippen LogP contribution >= 0.6 is 15.9 Å². The summed E-state index contributed by atoms with van der Waals surface area (Å²) in [6.07, 6.45) is 3.16. The molecular weight excluding hydrogens is 256 g/mol. The fourth-order valence-electron chi connectivity index (χ4n) is 1.30. The molecule has 0 unspecified atom stereocenters. The fourth-order valence-corrected chi connectivity index (χ4v) is 1.69. The molecule has 0 radical (unpaired) electrons. The van der Waals surface area contributed by atoms with E-state index in [1.165, 1.54) is 0 Å². The van der Waals surface area contributed by atoms with E-state index >= 15 is 0 Å². The molecule has 4 heteroatoms. The zero-order valence-corrected chi connectivity index (χ0v) is 11.4. The van der Waals surface area contributed by atoms with Crippen LogP contribution in [0.25, 0.3) is 0 Å². The minimum Gasteiger partial charge on any atom is -0.372 e. The average molecular weight is 275 g/mol. The first-order valence-corrected chi connectivity index (χ1v) is 6.19. The van der Waals surface area contributed by atoms with Crippen LogP contribution in [0.1, 0.15) is 45.9 Å². The lowest BCUT2D eigenvalue weighted by Gasteiger charge is -2.15. The fraction of sp³-hybridized carbons (Fsp3) is 0.727. The van der Waals surface area contributed by atoms with Gasteiger partial charge in [-0.2, -0.15) is 5.10 Å². The van der Waals surface area contributed by atoms with Crippen molar-refractivity contribution in [1.29, 1.82) is 0 Å². The predicted octanol–water partition coefficient (Wildman–Crippen LogP) is 3.54. The van der Waals surface area contributed by atoms with Gasteiger partial charge < -0.3 is 4.74 Å². The molecule has 1 aromatic heterocycles. The third-order valence-corrected chi connectivity index (χ3v) is 3.07. The maximum absolute atomic E-state index is 5.61. The summed E-state index contributed by atoms with van der Waals surface area (Å²) < 4.78 is 8.68. The predicted molar refractivity (Wildman–Crippen MR) is 64.9 cm³/mol. The molecule has 0 aromatic carbocycles. The number of ether oxygens (including phenoxy) is 1. The summed E-state index contributed by atoms with van der Waals surface area (Å²) in [7, 11) is 0. The second kappa shape index (κ2) is 5.66. The minimum atomic E-state index is 0.247. The van der Waals surface area contributed by atoms with Crippen molar-refractivity contribution in [3.05, 3.63) is 16.4 Å². The van der Waals surface area contributed by atoms with Gasteiger partial charge in [0.2, 0.25) is 0 Å². The Bertz CT molecular complexity index is 310. The molecule has 1 aromatic rings. The number of nitrogens with zero attached hydrogens (tertiary/aromatic N) is 2. The van der Waals surface area contributed by atoms with Crippen molar-refractivity contribution < 1.29 is 4.74 Å². The van der Waals surface area contributed by atoms with Crippen LogP contribution in [-0.2, 0) is 11.3 Å². The van der Waals surface area contributed by atoms with Crippen molar-refractivity contribution in [3.8, 4) is 0 Å². The number of rotatable bonds is 5. The summed E-state index contributed by atoms with van der Waals surface area (Å²) in [5, 5.41) is 4.35. The Morgan fingerprint density at radius 1 is 1.47 bits per heavy atom. The molecule has 0 aliphatic heterocycles. The maximum atomic E-state index is 5.61. The maximum Gasteiger partial charge on any atom is 0.0899 e. The van der Waals surface area contributed by atoms with Gasteiger partial charge >= 0.3 is 0 Å². The monoisotopic (exact) mass is 274 g/mol. The number of hydrogen-bond donors (Lipinski definition) is 0. The molecular formula is C11H19BrN2O. The van der Waals surface area contributed by atoms with Gasteiger partial charge in [-0.15, -0.1) is 0 Å². The largest absolute Gasteiger partial charge is 0.372 e. The van der Waals surface area contributed by atoms with E-state index in [1.807, 2.05) is 24.7 Å². The third kappa shape index (κ3) is 3.31. The van der Waals surface area contributed by atoms with Crippen LogP contribution in [0, 0.1) is 0 Å². The Hall–Kier alpha value is -0.350. The van der Waals surface area contributed by atoms with E-state index in [4.69, 9.17) is 4.74 Å². The highest BCUT2D eigenvalue weighted by molar-refractivity contribution is 9.10. The molecule has 86 valence electrons. The van der Waals surface area contributed by atoms with Gasteiger partial charge in [0, 0.05) is 6.04 Å². The van der Waals surface area contributed by atoms with E-state index in [-0.39, 0.29) is 6.10 Å². The molecule has 1 heterocycles. The van der Waals surface area contributed by atoms with Crippen molar-refractivity contribution in [1.82, 2.24) is 9.78 Å². The van der Waals surface area contributed by atoms with Crippen LogP contribution in [0.15, 0.2) is 10.7 Å². The van der Waals surface area contributed by atoms with Crippen molar-refractivity contribution in [3.63, 3.8) is 0 Å². The molecule has 0 fully saturated rings. The van der Waals surface area contributed by atoms with Crippen LogP contribution in [0.2, 0.25) is 0 Å². The first kappa shape index (κ1) is 12.7. The number of hydrogen-bond acceptors (Lipinski definition) is 2. The van der Waals surface area contributed by atoms with E-state index < -0.39 is 0 Å². The zero-order chi connectivity index (χ0) is 11.4. The van der Waals surface area contributed by atoms with Crippen LogP contribution in [0.4, 0.5) is 0 Å². The molecule has 0 saturated heterocycles. The molecule has 0 aliphatic rings. The minimum absolute atomic E-state index is 0.247. The second-order valence-electron chi connectivity index (χ2n) is 4.00. The lowest BCUT2D eigenvalue weighted by molar-refractivity contribution is 0.0599. The van der Waals surface area contributed by atoms with Crippen LogP contribution < -0.4 is 0 Å². The molecule has 0 N–H and O–H groups in total. The number of halogens is 1. The van der Waals surface area contributed by atoms with Crippen molar-refractivity contribution in [2.45, 2.75) is 52.9 Å². The SMILES string of the molecule is CC[C@H](C)n1ncc(Br)c1COC(C)C. The lowest BCUT2D eigenvalue weighted by atomic mass is 10.2. The van der Waals surface area contributed by atoms with Gasteiger partial charge in [-0.1, -0.05) is 6.92 Å². The first-order valence-electron chi connectivity index (χ1n) is 5.39. The van der Waals surface area contributed by atoms with Gasteiger partial charge in [0.15, 0.2) is 0 Å². The standard InChI is InChI=1S/C11H19BrN2O/c1-5-9(4)14-11(7-15-8(2)3)10(12)6-13-14/h6,8-9H,5,7H2,1-4H3/t9-/m0/s1. The molecule has 0 saturated carbocycles. The van der Waals surface area contributed by atoms with Crippen LogP contribution in [-0.4, -0.2) is 15.9 Å². The highest BCUT2D eigenvalue weighted by Crippen LogP contribution is 2.22. The lowest BCUT2D eigenvalue weighted by Crippen LogP contribution is -2.12. The highest BCUT2D eigenvalue weighted by Gasteiger charge is 2.13. The third-order valence-electron chi connectivity index (χ3n) is 2.41. The van der Waals surface area contributed by atoms with E-state index in [1.54, 1.807) is 0 Å². The summed E-state index contributed by atoms with van der Waals surface area (Å²) in [5.41, 5.74) is 1.12. The summed E-state index contributed by atoms with van der Waals surface area (Å²) in [6, 6.07) is 0.419. The summed E-state index contributed by atoms with van der Waals surface area (Å²) in [6.45, 7) is 9.02. The normalized spacial score (nSPS) is 13.5. The second-order valence-corrected chi connectivity index (χ2v) is 4.86. The average Bonchev–Trinajstić information content (AvgIpc) is 2.55. The van der Waals surface area contributed by atoms with E-state index in [2.05, 4.69) is 34.9 Å². The van der Waals surface area contributed by atoms with Crippen LogP contribution in [0.3, 0.4) is 0 Å². The Balaban J connectivity index is 2.79. The summed E-state index contributed by atoms with van der Waals surface area (Å²) >= 11 is 3.50. The molecule has 15 heavy (non-hydrogen) atoms. The van der Waals surface area contributed by atoms with Gasteiger partial charge in [0.1, 0.15) is 0 Å². The Kier molecular flexibility index (Phi) is 4.80. The molecule has 1 rings (SSSR count). The zero-order valence-electron chi connectivity index (χ0n) is 9.83. The van der Waals surface area contributed by atoms with Gasteiger partial charge in [-0.05, 0) is 43.1 Å². The molecule has 1 atom stereocenters. The highest BCUT2D eigenvalue weighted by atomic mass is 79.9. The quantitative estimate of drug-likeness (QED) is 0.821. The molecule has 0 bridgehead atoms.